The standard InChI is InChI=1S/C10H10BrN3/c1-12-8-2-4-9(5-3-8)14-6-10(11)13-7-14/h2-7,12H,1H3. The fraction of sp³-hybridized carbons (Fsp3) is 0.100. The van der Waals surface area contributed by atoms with Crippen molar-refractivity contribution in [3.05, 3.63) is 41.4 Å². The molecule has 2 rings (SSSR count). The highest BCUT2D eigenvalue weighted by Crippen LogP contribution is 2.14. The minimum atomic E-state index is 0.843. The Bertz CT molecular complexity index is 419. The van der Waals surface area contributed by atoms with Gasteiger partial charge in [0, 0.05) is 24.6 Å². The van der Waals surface area contributed by atoms with E-state index in [1.165, 1.54) is 0 Å². The molecule has 1 aromatic heterocycles. The van der Waals surface area contributed by atoms with Gasteiger partial charge in [-0.1, -0.05) is 0 Å². The summed E-state index contributed by atoms with van der Waals surface area (Å²) in [5.41, 5.74) is 2.20. The van der Waals surface area contributed by atoms with Crippen molar-refractivity contribution in [2.45, 2.75) is 0 Å². The van der Waals surface area contributed by atoms with Crippen LogP contribution in [0.5, 0.6) is 0 Å². The summed E-state index contributed by atoms with van der Waals surface area (Å²) in [5.74, 6) is 0. The molecule has 4 heteroatoms. The molecule has 0 unspecified atom stereocenters. The van der Waals surface area contributed by atoms with Crippen molar-refractivity contribution in [1.29, 1.82) is 0 Å². The van der Waals surface area contributed by atoms with Gasteiger partial charge in [0.1, 0.15) is 10.9 Å². The van der Waals surface area contributed by atoms with Gasteiger partial charge in [-0.05, 0) is 40.2 Å². The maximum Gasteiger partial charge on any atom is 0.124 e. The SMILES string of the molecule is CNc1ccc(-n2cnc(Br)c2)cc1. The first kappa shape index (κ1) is 9.27. The van der Waals surface area contributed by atoms with E-state index in [-0.39, 0.29) is 0 Å². The number of imidazole rings is 1. The van der Waals surface area contributed by atoms with Crippen LogP contribution in [0.2, 0.25) is 0 Å². The number of benzene rings is 1. The predicted molar refractivity (Wildman–Crippen MR) is 60.8 cm³/mol. The van der Waals surface area contributed by atoms with Crippen molar-refractivity contribution in [3.63, 3.8) is 0 Å². The minimum Gasteiger partial charge on any atom is -0.388 e. The van der Waals surface area contributed by atoms with E-state index in [4.69, 9.17) is 0 Å². The summed E-state index contributed by atoms with van der Waals surface area (Å²) in [7, 11) is 1.91. The molecule has 0 fully saturated rings. The first-order valence-electron chi connectivity index (χ1n) is 4.27. The highest BCUT2D eigenvalue weighted by atomic mass is 79.9. The zero-order valence-corrected chi connectivity index (χ0v) is 9.32. The maximum absolute atomic E-state index is 4.10. The second kappa shape index (κ2) is 3.84. The Kier molecular flexibility index (Phi) is 2.54. The molecule has 14 heavy (non-hydrogen) atoms. The minimum absolute atomic E-state index is 0.843. The molecule has 0 bridgehead atoms. The number of halogens is 1. The first-order valence-corrected chi connectivity index (χ1v) is 5.06. The Labute approximate surface area is 90.9 Å². The van der Waals surface area contributed by atoms with Crippen LogP contribution >= 0.6 is 15.9 Å². The number of nitrogens with one attached hydrogen (secondary N) is 1. The zero-order valence-electron chi connectivity index (χ0n) is 7.74. The van der Waals surface area contributed by atoms with Gasteiger partial charge in [0.05, 0.1) is 0 Å². The molecule has 1 heterocycles. The molecule has 0 radical (unpaired) electrons. The van der Waals surface area contributed by atoms with Gasteiger partial charge in [0.25, 0.3) is 0 Å². The van der Waals surface area contributed by atoms with E-state index in [2.05, 4.69) is 26.2 Å². The van der Waals surface area contributed by atoms with Crippen molar-refractivity contribution < 1.29 is 0 Å². The number of hydrogen-bond acceptors (Lipinski definition) is 2. The monoisotopic (exact) mass is 251 g/mol. The van der Waals surface area contributed by atoms with E-state index in [1.807, 2.05) is 42.1 Å². The van der Waals surface area contributed by atoms with Gasteiger partial charge in [0.15, 0.2) is 0 Å². The topological polar surface area (TPSA) is 29.9 Å². The molecule has 0 saturated carbocycles. The molecule has 0 amide bonds. The van der Waals surface area contributed by atoms with Crippen molar-refractivity contribution in [2.24, 2.45) is 0 Å². The molecule has 0 aliphatic rings. The normalized spacial score (nSPS) is 10.1. The Morgan fingerprint density at radius 1 is 1.29 bits per heavy atom. The Balaban J connectivity index is 2.33. The number of nitrogens with zero attached hydrogens (tertiary/aromatic N) is 2. The number of aromatic nitrogens is 2. The predicted octanol–water partition coefficient (Wildman–Crippen LogP) is 2.68. The molecular formula is C10H10BrN3. The second-order valence-electron chi connectivity index (χ2n) is 2.90. The Morgan fingerprint density at radius 3 is 2.50 bits per heavy atom. The largest absolute Gasteiger partial charge is 0.388 e. The van der Waals surface area contributed by atoms with Crippen LogP contribution in [-0.4, -0.2) is 16.6 Å². The molecule has 72 valence electrons. The molecule has 0 aliphatic heterocycles. The fourth-order valence-corrected chi connectivity index (χ4v) is 1.55. The third-order valence-corrected chi connectivity index (χ3v) is 2.41. The number of anilines is 1. The lowest BCUT2D eigenvalue weighted by Gasteiger charge is -2.03. The summed E-state index contributed by atoms with van der Waals surface area (Å²) < 4.78 is 2.80. The lowest BCUT2D eigenvalue weighted by molar-refractivity contribution is 1.06. The van der Waals surface area contributed by atoms with Crippen molar-refractivity contribution in [1.82, 2.24) is 9.55 Å². The lowest BCUT2D eigenvalue weighted by atomic mass is 10.3. The van der Waals surface area contributed by atoms with Gasteiger partial charge >= 0.3 is 0 Å². The molecule has 2 aromatic rings. The second-order valence-corrected chi connectivity index (χ2v) is 3.71. The van der Waals surface area contributed by atoms with Crippen molar-refractivity contribution in [3.8, 4) is 5.69 Å². The van der Waals surface area contributed by atoms with Crippen LogP contribution in [0, 0.1) is 0 Å². The maximum atomic E-state index is 4.10. The zero-order chi connectivity index (χ0) is 9.97. The van der Waals surface area contributed by atoms with Gasteiger partial charge in [-0.2, -0.15) is 0 Å². The van der Waals surface area contributed by atoms with Gasteiger partial charge in [0.2, 0.25) is 0 Å². The summed E-state index contributed by atoms with van der Waals surface area (Å²) >= 11 is 3.31. The van der Waals surface area contributed by atoms with Crippen LogP contribution in [0.4, 0.5) is 5.69 Å². The van der Waals surface area contributed by atoms with Crippen LogP contribution in [0.25, 0.3) is 5.69 Å². The van der Waals surface area contributed by atoms with Crippen LogP contribution in [0.1, 0.15) is 0 Å². The molecule has 0 aliphatic carbocycles. The average Bonchev–Trinajstić information content (AvgIpc) is 2.65. The van der Waals surface area contributed by atoms with Gasteiger partial charge in [-0.25, -0.2) is 4.98 Å². The van der Waals surface area contributed by atoms with Crippen molar-refractivity contribution in [2.75, 3.05) is 12.4 Å². The third-order valence-electron chi connectivity index (χ3n) is 2.01. The van der Waals surface area contributed by atoms with E-state index in [0.717, 1.165) is 16.0 Å². The first-order chi connectivity index (χ1) is 6.79. The summed E-state index contributed by atoms with van der Waals surface area (Å²) in [6.45, 7) is 0. The fourth-order valence-electron chi connectivity index (χ4n) is 1.24. The molecule has 0 spiro atoms. The van der Waals surface area contributed by atoms with E-state index in [0.29, 0.717) is 0 Å². The quantitative estimate of drug-likeness (QED) is 0.890. The van der Waals surface area contributed by atoms with E-state index >= 15 is 0 Å². The Morgan fingerprint density at radius 2 is 2.00 bits per heavy atom. The summed E-state index contributed by atoms with van der Waals surface area (Å²) in [6, 6.07) is 8.15. The molecule has 0 saturated heterocycles. The highest BCUT2D eigenvalue weighted by molar-refractivity contribution is 9.10. The number of rotatable bonds is 2. The summed E-state index contributed by atoms with van der Waals surface area (Å²) in [4.78, 5) is 4.10. The summed E-state index contributed by atoms with van der Waals surface area (Å²) in [6.07, 6.45) is 3.70. The van der Waals surface area contributed by atoms with Crippen LogP contribution in [0.15, 0.2) is 41.4 Å². The van der Waals surface area contributed by atoms with Gasteiger partial charge < -0.3 is 9.88 Å². The average molecular weight is 252 g/mol. The third kappa shape index (κ3) is 1.80. The molecule has 3 nitrogen and oxygen atoms in total. The van der Waals surface area contributed by atoms with Crippen LogP contribution in [0.3, 0.4) is 0 Å². The molecule has 0 atom stereocenters. The smallest absolute Gasteiger partial charge is 0.124 e. The lowest BCUT2D eigenvalue weighted by Crippen LogP contribution is -1.91. The molecular weight excluding hydrogens is 242 g/mol. The van der Waals surface area contributed by atoms with Crippen LogP contribution < -0.4 is 5.32 Å². The van der Waals surface area contributed by atoms with Gasteiger partial charge in [-0.15, -0.1) is 0 Å². The van der Waals surface area contributed by atoms with Crippen molar-refractivity contribution >= 4 is 21.6 Å². The highest BCUT2D eigenvalue weighted by Gasteiger charge is 1.97. The van der Waals surface area contributed by atoms with Crippen LogP contribution in [-0.2, 0) is 0 Å². The Hall–Kier alpha value is -1.29. The molecule has 1 N–H and O–H groups in total. The van der Waals surface area contributed by atoms with Gasteiger partial charge in [-0.3, -0.25) is 0 Å². The molecule has 1 aromatic carbocycles. The number of hydrogen-bond donors (Lipinski definition) is 1. The summed E-state index contributed by atoms with van der Waals surface area (Å²) in [5, 5.41) is 3.08. The van der Waals surface area contributed by atoms with E-state index in [9.17, 15) is 0 Å². The van der Waals surface area contributed by atoms with E-state index in [1.54, 1.807) is 6.33 Å². The van der Waals surface area contributed by atoms with E-state index < -0.39 is 0 Å².